The molecule has 1 aromatic heterocycles. The van der Waals surface area contributed by atoms with Crippen LogP contribution in [-0.4, -0.2) is 54.6 Å². The van der Waals surface area contributed by atoms with E-state index in [1.54, 1.807) is 7.11 Å². The van der Waals surface area contributed by atoms with E-state index in [1.165, 1.54) is 25.7 Å². The lowest BCUT2D eigenvalue weighted by Crippen LogP contribution is -2.62. The van der Waals surface area contributed by atoms with E-state index in [0.717, 1.165) is 18.9 Å². The van der Waals surface area contributed by atoms with Crippen molar-refractivity contribution in [2.24, 2.45) is 5.41 Å². The number of ether oxygens (including phenoxy) is 2. The zero-order valence-corrected chi connectivity index (χ0v) is 14.6. The monoisotopic (exact) mass is 323 g/mol. The van der Waals surface area contributed by atoms with Gasteiger partial charge in [0.25, 0.3) is 0 Å². The molecule has 0 aliphatic heterocycles. The zero-order valence-electron chi connectivity index (χ0n) is 14.6. The van der Waals surface area contributed by atoms with E-state index >= 15 is 0 Å². The van der Waals surface area contributed by atoms with Gasteiger partial charge in [0.2, 0.25) is 5.89 Å². The summed E-state index contributed by atoms with van der Waals surface area (Å²) in [5.74, 6) is 1.43. The molecule has 1 aromatic rings. The van der Waals surface area contributed by atoms with Crippen LogP contribution in [0.5, 0.6) is 0 Å². The van der Waals surface area contributed by atoms with Gasteiger partial charge in [-0.25, -0.2) is 0 Å². The molecule has 0 N–H and O–H groups in total. The van der Waals surface area contributed by atoms with Crippen molar-refractivity contribution < 1.29 is 14.0 Å². The Kier molecular flexibility index (Phi) is 5.34. The first-order valence-corrected chi connectivity index (χ1v) is 8.82. The molecule has 6 nitrogen and oxygen atoms in total. The summed E-state index contributed by atoms with van der Waals surface area (Å²) >= 11 is 0. The minimum Gasteiger partial charge on any atom is -0.384 e. The van der Waals surface area contributed by atoms with Gasteiger partial charge in [-0.1, -0.05) is 18.0 Å². The summed E-state index contributed by atoms with van der Waals surface area (Å²) in [6, 6.07) is 0.566. The summed E-state index contributed by atoms with van der Waals surface area (Å²) in [6.07, 6.45) is 7.48. The molecule has 0 amide bonds. The van der Waals surface area contributed by atoms with Crippen molar-refractivity contribution in [3.05, 3.63) is 11.7 Å². The Bertz CT molecular complexity index is 499. The SMILES string of the molecule is CCO[C@H]1C[C@@H](N(C)Cc2nc(CCOC)no2)C12CCCC2. The number of rotatable bonds is 8. The van der Waals surface area contributed by atoms with E-state index in [-0.39, 0.29) is 0 Å². The molecule has 1 heterocycles. The first-order valence-electron chi connectivity index (χ1n) is 8.82. The maximum atomic E-state index is 6.00. The predicted octanol–water partition coefficient (Wildman–Crippen LogP) is 2.43. The Morgan fingerprint density at radius 3 is 2.83 bits per heavy atom. The van der Waals surface area contributed by atoms with Crippen LogP contribution in [0.4, 0.5) is 0 Å². The topological polar surface area (TPSA) is 60.6 Å². The van der Waals surface area contributed by atoms with Crippen LogP contribution in [0.25, 0.3) is 0 Å². The lowest BCUT2D eigenvalue weighted by Gasteiger charge is -2.57. The molecule has 3 rings (SSSR count). The summed E-state index contributed by atoms with van der Waals surface area (Å²) in [7, 11) is 3.85. The molecule has 2 fully saturated rings. The molecule has 23 heavy (non-hydrogen) atoms. The second-order valence-corrected chi connectivity index (χ2v) is 6.90. The lowest BCUT2D eigenvalue weighted by atomic mass is 9.60. The highest BCUT2D eigenvalue weighted by Crippen LogP contribution is 2.56. The maximum Gasteiger partial charge on any atom is 0.240 e. The third-order valence-electron chi connectivity index (χ3n) is 5.60. The van der Waals surface area contributed by atoms with Crippen molar-refractivity contribution in [3.63, 3.8) is 0 Å². The van der Waals surface area contributed by atoms with Crippen LogP contribution >= 0.6 is 0 Å². The first-order chi connectivity index (χ1) is 11.2. The number of aromatic nitrogens is 2. The number of hydrogen-bond donors (Lipinski definition) is 0. The second-order valence-electron chi connectivity index (χ2n) is 6.90. The van der Waals surface area contributed by atoms with Gasteiger partial charge in [0, 0.05) is 31.6 Å². The van der Waals surface area contributed by atoms with Gasteiger partial charge < -0.3 is 14.0 Å². The van der Waals surface area contributed by atoms with Gasteiger partial charge >= 0.3 is 0 Å². The Labute approximate surface area is 138 Å². The zero-order chi connectivity index (χ0) is 16.3. The fourth-order valence-electron chi connectivity index (χ4n) is 4.44. The normalized spacial score (nSPS) is 26.1. The largest absolute Gasteiger partial charge is 0.384 e. The highest BCUT2D eigenvalue weighted by Gasteiger charge is 2.57. The van der Waals surface area contributed by atoms with E-state index in [0.29, 0.717) is 43.0 Å². The summed E-state index contributed by atoms with van der Waals surface area (Å²) < 4.78 is 16.4. The minimum atomic E-state index is 0.351. The van der Waals surface area contributed by atoms with Crippen LogP contribution in [0.15, 0.2) is 4.52 Å². The molecule has 2 atom stereocenters. The highest BCUT2D eigenvalue weighted by molar-refractivity contribution is 5.10. The molecule has 1 spiro atoms. The Morgan fingerprint density at radius 2 is 2.13 bits per heavy atom. The summed E-state index contributed by atoms with van der Waals surface area (Å²) in [5, 5.41) is 4.03. The van der Waals surface area contributed by atoms with Gasteiger partial charge in [0.05, 0.1) is 19.3 Å². The van der Waals surface area contributed by atoms with Crippen molar-refractivity contribution in [1.82, 2.24) is 15.0 Å². The van der Waals surface area contributed by atoms with Gasteiger partial charge in [0.15, 0.2) is 5.82 Å². The molecule has 2 saturated carbocycles. The molecule has 130 valence electrons. The minimum absolute atomic E-state index is 0.351. The molecule has 0 radical (unpaired) electrons. The van der Waals surface area contributed by atoms with Gasteiger partial charge in [-0.15, -0.1) is 0 Å². The summed E-state index contributed by atoms with van der Waals surface area (Å²) in [5.41, 5.74) is 0.351. The molecule has 0 aromatic carbocycles. The molecule has 0 unspecified atom stereocenters. The summed E-state index contributed by atoms with van der Waals surface area (Å²) in [4.78, 5) is 6.85. The summed E-state index contributed by atoms with van der Waals surface area (Å²) in [6.45, 7) is 4.25. The molecule has 2 aliphatic carbocycles. The van der Waals surface area contributed by atoms with Gasteiger partial charge in [0.1, 0.15) is 0 Å². The molecular weight excluding hydrogens is 294 g/mol. The Balaban J connectivity index is 1.59. The van der Waals surface area contributed by atoms with E-state index < -0.39 is 0 Å². The second kappa shape index (κ2) is 7.28. The number of hydrogen-bond acceptors (Lipinski definition) is 6. The van der Waals surface area contributed by atoms with Crippen molar-refractivity contribution in [2.45, 2.75) is 64.1 Å². The standard InChI is InChI=1S/C17H29N3O3/c1-4-22-14-11-13(17(14)8-5-6-9-17)20(2)12-16-18-15(19-23-16)7-10-21-3/h13-14H,4-12H2,1-3H3/t13-,14+/m1/s1. The van der Waals surface area contributed by atoms with Crippen molar-refractivity contribution >= 4 is 0 Å². The predicted molar refractivity (Wildman–Crippen MR) is 86.1 cm³/mol. The molecular formula is C17H29N3O3. The maximum absolute atomic E-state index is 6.00. The van der Waals surface area contributed by atoms with Crippen LogP contribution in [-0.2, 0) is 22.4 Å². The van der Waals surface area contributed by atoms with Crippen LogP contribution < -0.4 is 0 Å². The van der Waals surface area contributed by atoms with Crippen LogP contribution in [0.3, 0.4) is 0 Å². The van der Waals surface area contributed by atoms with Crippen LogP contribution in [0, 0.1) is 5.41 Å². The fraction of sp³-hybridized carbons (Fsp3) is 0.882. The van der Waals surface area contributed by atoms with Crippen LogP contribution in [0.2, 0.25) is 0 Å². The van der Waals surface area contributed by atoms with E-state index in [2.05, 4.69) is 29.0 Å². The van der Waals surface area contributed by atoms with E-state index in [4.69, 9.17) is 14.0 Å². The first kappa shape index (κ1) is 16.9. The van der Waals surface area contributed by atoms with Crippen molar-refractivity contribution in [3.8, 4) is 0 Å². The smallest absolute Gasteiger partial charge is 0.240 e. The Hall–Kier alpha value is -0.980. The van der Waals surface area contributed by atoms with Gasteiger partial charge in [-0.05, 0) is 33.2 Å². The van der Waals surface area contributed by atoms with Crippen LogP contribution in [0.1, 0.15) is 50.7 Å². The third kappa shape index (κ3) is 3.30. The number of methoxy groups -OCH3 is 1. The fourth-order valence-corrected chi connectivity index (χ4v) is 4.44. The number of nitrogens with zero attached hydrogens (tertiary/aromatic N) is 3. The van der Waals surface area contributed by atoms with Gasteiger partial charge in [-0.3, -0.25) is 4.90 Å². The van der Waals surface area contributed by atoms with Gasteiger partial charge in [-0.2, -0.15) is 4.98 Å². The average molecular weight is 323 g/mol. The van der Waals surface area contributed by atoms with Crippen molar-refractivity contribution in [1.29, 1.82) is 0 Å². The third-order valence-corrected chi connectivity index (χ3v) is 5.60. The molecule has 0 saturated heterocycles. The van der Waals surface area contributed by atoms with E-state index in [1.807, 2.05) is 0 Å². The van der Waals surface area contributed by atoms with E-state index in [9.17, 15) is 0 Å². The molecule has 2 aliphatic rings. The lowest BCUT2D eigenvalue weighted by molar-refractivity contribution is -0.163. The average Bonchev–Trinajstić information content (AvgIpc) is 3.19. The highest BCUT2D eigenvalue weighted by atomic mass is 16.5. The Morgan fingerprint density at radius 1 is 1.35 bits per heavy atom. The quantitative estimate of drug-likeness (QED) is 0.732. The van der Waals surface area contributed by atoms with Crippen molar-refractivity contribution in [2.75, 3.05) is 27.4 Å². The molecule has 6 heteroatoms. The molecule has 0 bridgehead atoms.